The standard InChI is InChI=1S/C24H21ClN4O2S2/c1-15-22(20(30)6-4-16-3-2-8-26-12-16)33-23(27-15)29-10-9-28(24(29)31)13-17-14-32-21-7-5-18(25)11-19(17)21/h2-3,5,7-8,11-12,14H,4,6,9-10,13H2,1H3. The summed E-state index contributed by atoms with van der Waals surface area (Å²) in [5.41, 5.74) is 2.80. The number of thiophene rings is 1. The first-order chi connectivity index (χ1) is 16.0. The highest BCUT2D eigenvalue weighted by atomic mass is 35.5. The number of carbonyl (C=O) groups is 2. The average Bonchev–Trinajstić information content (AvgIpc) is 3.50. The number of hydrogen-bond acceptors (Lipinski definition) is 6. The highest BCUT2D eigenvalue weighted by Gasteiger charge is 2.33. The van der Waals surface area contributed by atoms with Gasteiger partial charge in [0, 0.05) is 48.2 Å². The first-order valence-corrected chi connectivity index (χ1v) is 12.7. The SMILES string of the molecule is Cc1nc(N2CCN(Cc3csc4ccc(Cl)cc34)C2=O)sc1C(=O)CCc1cccnc1. The summed E-state index contributed by atoms with van der Waals surface area (Å²) in [5.74, 6) is 0.0465. The lowest BCUT2D eigenvalue weighted by Gasteiger charge is -2.16. The van der Waals surface area contributed by atoms with Crippen molar-refractivity contribution in [2.75, 3.05) is 18.0 Å². The number of halogens is 1. The van der Waals surface area contributed by atoms with Crippen LogP contribution in [0.2, 0.25) is 5.02 Å². The third-order valence-electron chi connectivity index (χ3n) is 5.70. The molecule has 4 aromatic rings. The van der Waals surface area contributed by atoms with Crippen molar-refractivity contribution >= 4 is 61.3 Å². The van der Waals surface area contributed by atoms with Crippen LogP contribution in [0.3, 0.4) is 0 Å². The average molecular weight is 497 g/mol. The number of nitrogens with zero attached hydrogens (tertiary/aromatic N) is 4. The molecular weight excluding hydrogens is 476 g/mol. The van der Waals surface area contributed by atoms with E-state index < -0.39 is 0 Å². The Balaban J connectivity index is 1.28. The van der Waals surface area contributed by atoms with Crippen LogP contribution in [0.4, 0.5) is 9.93 Å². The fourth-order valence-corrected chi connectivity index (χ4v) is 6.12. The zero-order valence-electron chi connectivity index (χ0n) is 18.0. The number of amides is 2. The minimum Gasteiger partial charge on any atom is -0.318 e. The van der Waals surface area contributed by atoms with Crippen LogP contribution in [0, 0.1) is 6.92 Å². The lowest BCUT2D eigenvalue weighted by Crippen LogP contribution is -2.31. The molecule has 3 aromatic heterocycles. The number of urea groups is 1. The van der Waals surface area contributed by atoms with E-state index in [-0.39, 0.29) is 11.8 Å². The molecule has 1 aromatic carbocycles. The topological polar surface area (TPSA) is 66.4 Å². The van der Waals surface area contributed by atoms with Crippen LogP contribution in [-0.2, 0) is 13.0 Å². The van der Waals surface area contributed by atoms with Crippen LogP contribution in [-0.4, -0.2) is 39.8 Å². The summed E-state index contributed by atoms with van der Waals surface area (Å²) in [4.78, 5) is 38.7. The Bertz CT molecular complexity index is 1340. The van der Waals surface area contributed by atoms with Gasteiger partial charge in [-0.2, -0.15) is 0 Å². The number of fused-ring (bicyclic) bond motifs is 1. The van der Waals surface area contributed by atoms with E-state index in [4.69, 9.17) is 11.6 Å². The second-order valence-electron chi connectivity index (χ2n) is 7.95. The van der Waals surface area contributed by atoms with Crippen molar-refractivity contribution in [1.29, 1.82) is 0 Å². The summed E-state index contributed by atoms with van der Waals surface area (Å²) in [6.07, 6.45) is 4.52. The van der Waals surface area contributed by atoms with Gasteiger partial charge in [0.15, 0.2) is 10.9 Å². The summed E-state index contributed by atoms with van der Waals surface area (Å²) in [5, 5.41) is 4.45. The molecule has 5 rings (SSSR count). The predicted molar refractivity (Wildman–Crippen MR) is 134 cm³/mol. The molecule has 2 amide bonds. The van der Waals surface area contributed by atoms with Crippen molar-refractivity contribution in [2.24, 2.45) is 0 Å². The normalized spacial score (nSPS) is 13.9. The molecule has 33 heavy (non-hydrogen) atoms. The van der Waals surface area contributed by atoms with Gasteiger partial charge < -0.3 is 4.90 Å². The number of anilines is 1. The maximum absolute atomic E-state index is 13.1. The van der Waals surface area contributed by atoms with E-state index in [9.17, 15) is 9.59 Å². The number of pyridine rings is 1. The number of hydrogen-bond donors (Lipinski definition) is 0. The number of thiazole rings is 1. The quantitative estimate of drug-likeness (QED) is 0.295. The summed E-state index contributed by atoms with van der Waals surface area (Å²) in [6, 6.07) is 9.60. The number of Topliss-reactive ketones (excluding diaryl/α,β-unsaturated/α-hetero) is 1. The number of ketones is 1. The lowest BCUT2D eigenvalue weighted by atomic mass is 10.1. The summed E-state index contributed by atoms with van der Waals surface area (Å²) in [7, 11) is 0. The Labute approximate surface area is 204 Å². The lowest BCUT2D eigenvalue weighted by molar-refractivity contribution is 0.0986. The van der Waals surface area contributed by atoms with E-state index in [1.54, 1.807) is 28.6 Å². The Hall–Kier alpha value is -2.81. The molecule has 0 unspecified atom stereocenters. The van der Waals surface area contributed by atoms with Gasteiger partial charge in [0.1, 0.15) is 0 Å². The molecule has 6 nitrogen and oxygen atoms in total. The van der Waals surface area contributed by atoms with Gasteiger partial charge in [0.2, 0.25) is 0 Å². The van der Waals surface area contributed by atoms with Crippen molar-refractivity contribution in [3.05, 3.63) is 74.8 Å². The third-order valence-corrected chi connectivity index (χ3v) is 8.17. The van der Waals surface area contributed by atoms with Crippen LogP contribution in [0.5, 0.6) is 0 Å². The van der Waals surface area contributed by atoms with E-state index in [1.807, 2.05) is 42.2 Å². The zero-order chi connectivity index (χ0) is 22.9. The van der Waals surface area contributed by atoms with E-state index in [1.165, 1.54) is 11.3 Å². The number of rotatable bonds is 7. The minimum atomic E-state index is -0.0838. The smallest absolute Gasteiger partial charge is 0.318 e. The van der Waals surface area contributed by atoms with Crippen molar-refractivity contribution < 1.29 is 9.59 Å². The van der Waals surface area contributed by atoms with Crippen molar-refractivity contribution in [1.82, 2.24) is 14.9 Å². The maximum atomic E-state index is 13.1. The molecular formula is C24H21ClN4O2S2. The van der Waals surface area contributed by atoms with Gasteiger partial charge in [-0.15, -0.1) is 11.3 Å². The van der Waals surface area contributed by atoms with Gasteiger partial charge in [-0.3, -0.25) is 14.7 Å². The number of benzene rings is 1. The van der Waals surface area contributed by atoms with Crippen LogP contribution >= 0.6 is 34.3 Å². The molecule has 168 valence electrons. The maximum Gasteiger partial charge on any atom is 0.326 e. The fourth-order valence-electron chi connectivity index (χ4n) is 3.96. The van der Waals surface area contributed by atoms with Crippen molar-refractivity contribution in [3.8, 4) is 0 Å². The first kappa shape index (κ1) is 22.0. The van der Waals surface area contributed by atoms with Crippen molar-refractivity contribution in [2.45, 2.75) is 26.3 Å². The Morgan fingerprint density at radius 3 is 2.94 bits per heavy atom. The van der Waals surface area contributed by atoms with Gasteiger partial charge in [-0.1, -0.05) is 29.0 Å². The van der Waals surface area contributed by atoms with Gasteiger partial charge in [0.25, 0.3) is 0 Å². The molecule has 1 saturated heterocycles. The number of carbonyl (C=O) groups excluding carboxylic acids is 2. The largest absolute Gasteiger partial charge is 0.326 e. The summed E-state index contributed by atoms with van der Waals surface area (Å²) in [6.45, 7) is 3.52. The Morgan fingerprint density at radius 2 is 2.12 bits per heavy atom. The van der Waals surface area contributed by atoms with Crippen LogP contribution in [0.1, 0.15) is 32.9 Å². The highest BCUT2D eigenvalue weighted by molar-refractivity contribution is 7.18. The van der Waals surface area contributed by atoms with Gasteiger partial charge in [0.05, 0.1) is 10.6 Å². The van der Waals surface area contributed by atoms with Gasteiger partial charge in [-0.05, 0) is 59.5 Å². The molecule has 0 N–H and O–H groups in total. The van der Waals surface area contributed by atoms with E-state index in [0.29, 0.717) is 53.2 Å². The van der Waals surface area contributed by atoms with Crippen LogP contribution in [0.25, 0.3) is 10.1 Å². The molecule has 1 fully saturated rings. The van der Waals surface area contributed by atoms with Crippen LogP contribution < -0.4 is 4.90 Å². The second kappa shape index (κ2) is 9.21. The molecule has 0 radical (unpaired) electrons. The van der Waals surface area contributed by atoms with Crippen molar-refractivity contribution in [3.63, 3.8) is 0 Å². The second-order valence-corrected chi connectivity index (χ2v) is 10.3. The molecule has 1 aliphatic heterocycles. The molecule has 1 aliphatic rings. The molecule has 0 bridgehead atoms. The van der Waals surface area contributed by atoms with Crippen LogP contribution in [0.15, 0.2) is 48.1 Å². The molecule has 4 heterocycles. The Kier molecular flexibility index (Phi) is 6.14. The monoisotopic (exact) mass is 496 g/mol. The van der Waals surface area contributed by atoms with E-state index in [2.05, 4.69) is 15.3 Å². The van der Waals surface area contributed by atoms with Gasteiger partial charge in [-0.25, -0.2) is 9.78 Å². The summed E-state index contributed by atoms with van der Waals surface area (Å²) >= 11 is 9.13. The number of aryl methyl sites for hydroxylation is 2. The van der Waals surface area contributed by atoms with E-state index in [0.717, 1.165) is 21.2 Å². The molecule has 0 spiro atoms. The number of aromatic nitrogens is 2. The van der Waals surface area contributed by atoms with E-state index >= 15 is 0 Å². The molecule has 0 saturated carbocycles. The first-order valence-electron chi connectivity index (χ1n) is 10.6. The van der Waals surface area contributed by atoms with Gasteiger partial charge >= 0.3 is 6.03 Å². The zero-order valence-corrected chi connectivity index (χ0v) is 20.3. The summed E-state index contributed by atoms with van der Waals surface area (Å²) < 4.78 is 1.16. The Morgan fingerprint density at radius 1 is 1.24 bits per heavy atom. The molecule has 9 heteroatoms. The molecule has 0 aliphatic carbocycles. The third kappa shape index (κ3) is 4.51. The fraction of sp³-hybridized carbons (Fsp3) is 0.250. The minimum absolute atomic E-state index is 0.0465. The highest BCUT2D eigenvalue weighted by Crippen LogP contribution is 2.33. The predicted octanol–water partition coefficient (Wildman–Crippen LogP) is 5.97. The molecule has 0 atom stereocenters.